The highest BCUT2D eigenvalue weighted by Crippen LogP contribution is 2.49. The topological polar surface area (TPSA) is 44.8 Å². The number of fused-ring (bicyclic) bond motifs is 3. The molecule has 4 nitrogen and oxygen atoms in total. The van der Waals surface area contributed by atoms with Crippen LogP contribution in [0.2, 0.25) is 0 Å². The standard InChI is InChI=1S/C14H13BrO4/c1-17-13(16)7-18-12-6-8(15)5-10-9-3-2-4-11(9)19-14(10)12/h2-3,5-6,9,11H,4,7H2,1H3. The van der Waals surface area contributed by atoms with E-state index in [1.165, 1.54) is 7.11 Å². The second kappa shape index (κ2) is 4.89. The zero-order valence-electron chi connectivity index (χ0n) is 10.4. The van der Waals surface area contributed by atoms with Gasteiger partial charge in [0, 0.05) is 22.4 Å². The Morgan fingerprint density at radius 3 is 3.16 bits per heavy atom. The average Bonchev–Trinajstić information content (AvgIpc) is 2.97. The lowest BCUT2D eigenvalue weighted by molar-refractivity contribution is -0.142. The molecule has 19 heavy (non-hydrogen) atoms. The fourth-order valence-electron chi connectivity index (χ4n) is 2.47. The molecular weight excluding hydrogens is 312 g/mol. The quantitative estimate of drug-likeness (QED) is 0.633. The van der Waals surface area contributed by atoms with Crippen molar-refractivity contribution in [2.75, 3.05) is 13.7 Å². The monoisotopic (exact) mass is 324 g/mol. The highest BCUT2D eigenvalue weighted by molar-refractivity contribution is 9.10. The molecule has 5 heteroatoms. The predicted molar refractivity (Wildman–Crippen MR) is 72.6 cm³/mol. The first kappa shape index (κ1) is 12.5. The summed E-state index contributed by atoms with van der Waals surface area (Å²) < 4.78 is 16.9. The number of benzene rings is 1. The molecule has 1 aromatic carbocycles. The third kappa shape index (κ3) is 2.23. The minimum absolute atomic E-state index is 0.117. The van der Waals surface area contributed by atoms with Crippen LogP contribution in [0.25, 0.3) is 0 Å². The van der Waals surface area contributed by atoms with E-state index in [-0.39, 0.29) is 18.6 Å². The van der Waals surface area contributed by atoms with Gasteiger partial charge in [0.2, 0.25) is 0 Å². The summed E-state index contributed by atoms with van der Waals surface area (Å²) in [5.41, 5.74) is 1.10. The highest BCUT2D eigenvalue weighted by atomic mass is 79.9. The van der Waals surface area contributed by atoms with Gasteiger partial charge in [0.15, 0.2) is 18.1 Å². The van der Waals surface area contributed by atoms with Gasteiger partial charge in [-0.1, -0.05) is 28.1 Å². The Bertz CT molecular complexity index is 553. The second-order valence-corrected chi connectivity index (χ2v) is 5.45. The van der Waals surface area contributed by atoms with Crippen LogP contribution in [0.3, 0.4) is 0 Å². The maximum atomic E-state index is 11.2. The van der Waals surface area contributed by atoms with E-state index in [1.807, 2.05) is 12.1 Å². The molecule has 0 saturated heterocycles. The van der Waals surface area contributed by atoms with Gasteiger partial charge >= 0.3 is 5.97 Å². The smallest absolute Gasteiger partial charge is 0.343 e. The first-order chi connectivity index (χ1) is 9.19. The van der Waals surface area contributed by atoms with Gasteiger partial charge < -0.3 is 14.2 Å². The maximum Gasteiger partial charge on any atom is 0.343 e. The molecule has 2 unspecified atom stereocenters. The fraction of sp³-hybridized carbons (Fsp3) is 0.357. The van der Waals surface area contributed by atoms with E-state index in [4.69, 9.17) is 9.47 Å². The molecule has 0 spiro atoms. The molecule has 0 aromatic heterocycles. The third-order valence-electron chi connectivity index (χ3n) is 3.36. The number of methoxy groups -OCH3 is 1. The predicted octanol–water partition coefficient (Wildman–Crippen LogP) is 2.81. The fourth-order valence-corrected chi connectivity index (χ4v) is 2.93. The van der Waals surface area contributed by atoms with Crippen molar-refractivity contribution in [2.24, 2.45) is 0 Å². The number of esters is 1. The average molecular weight is 325 g/mol. The van der Waals surface area contributed by atoms with Gasteiger partial charge in [-0.05, 0) is 12.1 Å². The molecule has 0 bridgehead atoms. The van der Waals surface area contributed by atoms with Crippen molar-refractivity contribution in [3.05, 3.63) is 34.3 Å². The summed E-state index contributed by atoms with van der Waals surface area (Å²) in [6.45, 7) is -0.117. The number of carbonyl (C=O) groups is 1. The number of halogens is 1. The van der Waals surface area contributed by atoms with E-state index in [0.717, 1.165) is 22.2 Å². The first-order valence-corrected chi connectivity index (χ1v) is 6.84. The van der Waals surface area contributed by atoms with Crippen LogP contribution in [0, 0.1) is 0 Å². The lowest BCUT2D eigenvalue weighted by Crippen LogP contribution is -2.14. The molecule has 100 valence electrons. The molecule has 0 N–H and O–H groups in total. The Morgan fingerprint density at radius 1 is 1.53 bits per heavy atom. The number of carbonyl (C=O) groups excluding carboxylic acids is 1. The molecule has 3 rings (SSSR count). The summed E-state index contributed by atoms with van der Waals surface area (Å²) in [7, 11) is 1.34. The van der Waals surface area contributed by atoms with Gasteiger partial charge in [0.05, 0.1) is 7.11 Å². The molecule has 2 aliphatic rings. The number of hydrogen-bond donors (Lipinski definition) is 0. The van der Waals surface area contributed by atoms with E-state index in [1.54, 1.807) is 0 Å². The molecule has 1 aromatic rings. The Balaban J connectivity index is 1.90. The van der Waals surface area contributed by atoms with Gasteiger partial charge in [0.1, 0.15) is 6.10 Å². The molecule has 1 heterocycles. The largest absolute Gasteiger partial charge is 0.485 e. The van der Waals surface area contributed by atoms with E-state index in [9.17, 15) is 4.79 Å². The van der Waals surface area contributed by atoms with Crippen LogP contribution in [0.5, 0.6) is 11.5 Å². The summed E-state index contributed by atoms with van der Waals surface area (Å²) in [5.74, 6) is 1.20. The summed E-state index contributed by atoms with van der Waals surface area (Å²) in [4.78, 5) is 11.2. The summed E-state index contributed by atoms with van der Waals surface area (Å²) in [6.07, 6.45) is 5.36. The number of rotatable bonds is 3. The van der Waals surface area contributed by atoms with Crippen LogP contribution in [-0.2, 0) is 9.53 Å². The molecule has 0 radical (unpaired) electrons. The van der Waals surface area contributed by atoms with Crippen molar-refractivity contribution in [1.29, 1.82) is 0 Å². The van der Waals surface area contributed by atoms with Crippen LogP contribution in [0.1, 0.15) is 17.9 Å². The second-order valence-electron chi connectivity index (χ2n) is 4.53. The lowest BCUT2D eigenvalue weighted by Gasteiger charge is -2.11. The Kier molecular flexibility index (Phi) is 3.22. The van der Waals surface area contributed by atoms with Crippen molar-refractivity contribution in [3.63, 3.8) is 0 Å². The van der Waals surface area contributed by atoms with Crippen molar-refractivity contribution in [1.82, 2.24) is 0 Å². The van der Waals surface area contributed by atoms with Crippen LogP contribution < -0.4 is 9.47 Å². The maximum absolute atomic E-state index is 11.2. The van der Waals surface area contributed by atoms with E-state index < -0.39 is 5.97 Å². The van der Waals surface area contributed by atoms with Crippen LogP contribution in [-0.4, -0.2) is 25.8 Å². The molecule has 1 aliphatic carbocycles. The summed E-state index contributed by atoms with van der Waals surface area (Å²) in [6, 6.07) is 3.85. The van der Waals surface area contributed by atoms with Gasteiger partial charge in [-0.2, -0.15) is 0 Å². The summed E-state index contributed by atoms with van der Waals surface area (Å²) in [5, 5.41) is 0. The van der Waals surface area contributed by atoms with Crippen LogP contribution >= 0.6 is 15.9 Å². The first-order valence-electron chi connectivity index (χ1n) is 6.05. The normalized spacial score (nSPS) is 22.6. The van der Waals surface area contributed by atoms with Crippen LogP contribution in [0.4, 0.5) is 0 Å². The van der Waals surface area contributed by atoms with Crippen LogP contribution in [0.15, 0.2) is 28.8 Å². The molecule has 0 amide bonds. The van der Waals surface area contributed by atoms with Crippen molar-refractivity contribution in [2.45, 2.75) is 18.4 Å². The third-order valence-corrected chi connectivity index (χ3v) is 3.82. The minimum atomic E-state index is -0.410. The van der Waals surface area contributed by atoms with E-state index in [2.05, 4.69) is 32.8 Å². The molecular formula is C14H13BrO4. The zero-order chi connectivity index (χ0) is 13.4. The SMILES string of the molecule is COC(=O)COc1cc(Br)cc2c1OC1CC=CC21. The van der Waals surface area contributed by atoms with Gasteiger partial charge in [0.25, 0.3) is 0 Å². The van der Waals surface area contributed by atoms with Crippen molar-refractivity contribution >= 4 is 21.9 Å². The van der Waals surface area contributed by atoms with Crippen molar-refractivity contribution in [3.8, 4) is 11.5 Å². The number of ether oxygens (including phenoxy) is 3. The van der Waals surface area contributed by atoms with Crippen molar-refractivity contribution < 1.29 is 19.0 Å². The van der Waals surface area contributed by atoms with Gasteiger partial charge in [-0.15, -0.1) is 0 Å². The molecule has 0 fully saturated rings. The highest BCUT2D eigenvalue weighted by Gasteiger charge is 2.37. The van der Waals surface area contributed by atoms with E-state index >= 15 is 0 Å². The molecule has 2 atom stereocenters. The summed E-state index contributed by atoms with van der Waals surface area (Å²) >= 11 is 3.46. The Morgan fingerprint density at radius 2 is 2.37 bits per heavy atom. The molecule has 1 aliphatic heterocycles. The number of hydrogen-bond acceptors (Lipinski definition) is 4. The zero-order valence-corrected chi connectivity index (χ0v) is 12.0. The van der Waals surface area contributed by atoms with E-state index in [0.29, 0.717) is 5.75 Å². The Labute approximate surface area is 119 Å². The Hall–Kier alpha value is -1.49. The molecule has 0 saturated carbocycles. The van der Waals surface area contributed by atoms with Gasteiger partial charge in [-0.3, -0.25) is 0 Å². The minimum Gasteiger partial charge on any atom is -0.485 e. The van der Waals surface area contributed by atoms with Gasteiger partial charge in [-0.25, -0.2) is 4.79 Å². The lowest BCUT2D eigenvalue weighted by atomic mass is 9.98.